The number of halogens is 1. The zero-order valence-electron chi connectivity index (χ0n) is 17.0. The molecular weight excluding hydrogens is 428 g/mol. The molecule has 0 saturated carbocycles. The molecule has 5 atom stereocenters. The molecule has 172 valence electrons. The van der Waals surface area contributed by atoms with E-state index in [2.05, 4.69) is 5.09 Å². The van der Waals surface area contributed by atoms with E-state index in [1.54, 1.807) is 13.8 Å². The van der Waals surface area contributed by atoms with Crippen LogP contribution in [-0.2, 0) is 23.4 Å². The molecule has 4 N–H and O–H groups in total. The van der Waals surface area contributed by atoms with Crippen LogP contribution < -0.4 is 16.3 Å². The number of carbonyl (C=O) groups is 1. The van der Waals surface area contributed by atoms with E-state index in [1.165, 1.54) is 6.92 Å². The molecule has 1 unspecified atom stereocenters. The van der Waals surface area contributed by atoms with Gasteiger partial charge in [0.1, 0.15) is 18.8 Å². The van der Waals surface area contributed by atoms with Crippen LogP contribution in [0.4, 0.5) is 4.39 Å². The van der Waals surface area contributed by atoms with E-state index in [4.69, 9.17) is 14.0 Å². The molecule has 0 aromatic carbocycles. The molecule has 1 rings (SSSR count). The Labute approximate surface area is 171 Å². The van der Waals surface area contributed by atoms with Gasteiger partial charge in [-0.3, -0.25) is 23.7 Å². The normalized spacial score (nSPS) is 17.7. The van der Waals surface area contributed by atoms with Crippen molar-refractivity contribution in [2.75, 3.05) is 13.2 Å². The van der Waals surface area contributed by atoms with Gasteiger partial charge in [0.25, 0.3) is 19.6 Å². The summed E-state index contributed by atoms with van der Waals surface area (Å²) >= 11 is 0. The van der Waals surface area contributed by atoms with Gasteiger partial charge in [-0.1, -0.05) is 0 Å². The van der Waals surface area contributed by atoms with Crippen LogP contribution in [0.2, 0.25) is 0 Å². The molecule has 12 nitrogen and oxygen atoms in total. The molecule has 14 heteroatoms. The van der Waals surface area contributed by atoms with Crippen molar-refractivity contribution in [1.82, 2.24) is 14.6 Å². The number of H-pyrrole nitrogens is 1. The van der Waals surface area contributed by atoms with Crippen molar-refractivity contribution < 1.29 is 38.0 Å². The fraction of sp³-hybridized carbons (Fsp3) is 0.688. The third-order valence-electron chi connectivity index (χ3n) is 3.71. The Hall–Kier alpha value is -1.89. The third kappa shape index (κ3) is 7.74. The standard InChI is InChI=1S/C16H27FN3O9P/c1-9(2)28-14(24)10(3)19-30(26)27-8-16(17,11(4)22)29-13(7-21)20-6-5-12(23)18-15(20)25/h5-6,9-11,13,21-22,30H,7-8H2,1-4H3,(H,19,26)(H,18,23,25)/t10-,11-,13+,16+/m0/s1. The molecule has 30 heavy (non-hydrogen) atoms. The van der Waals surface area contributed by atoms with Crippen LogP contribution >= 0.6 is 8.18 Å². The number of alkyl halides is 1. The molecule has 0 radical (unpaired) electrons. The fourth-order valence-corrected chi connectivity index (χ4v) is 2.97. The summed E-state index contributed by atoms with van der Waals surface area (Å²) in [4.78, 5) is 36.6. The first-order chi connectivity index (χ1) is 13.9. The van der Waals surface area contributed by atoms with Crippen LogP contribution in [0.1, 0.15) is 33.9 Å². The van der Waals surface area contributed by atoms with E-state index < -0.39 is 62.8 Å². The second kappa shape index (κ2) is 11.5. The number of nitrogens with one attached hydrogen (secondary N) is 2. The number of carbonyl (C=O) groups excluding carboxylic acids is 1. The van der Waals surface area contributed by atoms with Gasteiger partial charge in [0.2, 0.25) is 0 Å². The summed E-state index contributed by atoms with van der Waals surface area (Å²) < 4.78 is 42.7. The SMILES string of the molecule is CC(C)OC(=O)[C@H](C)N[PH](=O)OC[C@@](F)(O[C@H](CO)n1ccc(=O)[nH]c1=O)[C@H](C)O. The first kappa shape index (κ1) is 26.1. The van der Waals surface area contributed by atoms with Crippen LogP contribution in [0.3, 0.4) is 0 Å². The van der Waals surface area contributed by atoms with Gasteiger partial charge in [-0.15, -0.1) is 0 Å². The molecular formula is C16H27FN3O9P. The highest BCUT2D eigenvalue weighted by Gasteiger charge is 2.41. The summed E-state index contributed by atoms with van der Waals surface area (Å²) in [5.41, 5.74) is -1.70. The number of hydrogen-bond acceptors (Lipinski definition) is 9. The Morgan fingerprint density at radius 2 is 2.00 bits per heavy atom. The van der Waals surface area contributed by atoms with Crippen LogP contribution in [0, 0.1) is 0 Å². The number of hydrogen-bond donors (Lipinski definition) is 4. The second-order valence-corrected chi connectivity index (χ2v) is 7.81. The van der Waals surface area contributed by atoms with E-state index in [1.807, 2.05) is 4.98 Å². The Bertz CT molecular complexity index is 844. The molecule has 1 aromatic rings. The quantitative estimate of drug-likeness (QED) is 0.236. The minimum Gasteiger partial charge on any atom is -0.462 e. The lowest BCUT2D eigenvalue weighted by Crippen LogP contribution is -2.47. The molecule has 1 aromatic heterocycles. The van der Waals surface area contributed by atoms with Crippen LogP contribution in [0.15, 0.2) is 21.9 Å². The Kier molecular flexibility index (Phi) is 10.0. The van der Waals surface area contributed by atoms with Crippen molar-refractivity contribution >= 4 is 14.1 Å². The molecule has 0 spiro atoms. The average Bonchev–Trinajstić information content (AvgIpc) is 2.64. The summed E-state index contributed by atoms with van der Waals surface area (Å²) in [6.45, 7) is 3.70. The maximum atomic E-state index is 15.1. The van der Waals surface area contributed by atoms with Crippen molar-refractivity contribution in [2.24, 2.45) is 0 Å². The second-order valence-electron chi connectivity index (χ2n) is 6.66. The van der Waals surface area contributed by atoms with E-state index in [-0.39, 0.29) is 6.10 Å². The van der Waals surface area contributed by atoms with Crippen LogP contribution in [0.25, 0.3) is 0 Å². The van der Waals surface area contributed by atoms with Crippen molar-refractivity contribution in [3.05, 3.63) is 33.1 Å². The van der Waals surface area contributed by atoms with Crippen molar-refractivity contribution in [3.8, 4) is 0 Å². The summed E-state index contributed by atoms with van der Waals surface area (Å²) in [6.07, 6.45) is -2.88. The number of nitrogens with zero attached hydrogens (tertiary/aromatic N) is 1. The lowest BCUT2D eigenvalue weighted by molar-refractivity contribution is -0.263. The van der Waals surface area contributed by atoms with Crippen molar-refractivity contribution in [1.29, 1.82) is 0 Å². The Morgan fingerprint density at radius 1 is 1.37 bits per heavy atom. The summed E-state index contributed by atoms with van der Waals surface area (Å²) in [5.74, 6) is -3.69. The molecule has 0 aliphatic rings. The van der Waals surface area contributed by atoms with Gasteiger partial charge in [-0.05, 0) is 27.7 Å². The van der Waals surface area contributed by atoms with E-state index in [0.29, 0.717) is 4.57 Å². The third-order valence-corrected chi connectivity index (χ3v) is 4.79. The summed E-state index contributed by atoms with van der Waals surface area (Å²) in [6, 6.07) is -0.0582. The van der Waals surface area contributed by atoms with Gasteiger partial charge in [-0.25, -0.2) is 14.3 Å². The van der Waals surface area contributed by atoms with E-state index >= 15 is 4.39 Å². The highest BCUT2D eigenvalue weighted by Crippen LogP contribution is 2.29. The lowest BCUT2D eigenvalue weighted by atomic mass is 10.2. The molecule has 0 amide bonds. The van der Waals surface area contributed by atoms with Gasteiger partial charge in [0.15, 0.2) is 6.23 Å². The summed E-state index contributed by atoms with van der Waals surface area (Å²) in [7, 11) is -3.16. The van der Waals surface area contributed by atoms with E-state index in [0.717, 1.165) is 19.2 Å². The van der Waals surface area contributed by atoms with Gasteiger partial charge in [0, 0.05) is 12.3 Å². The Morgan fingerprint density at radius 3 is 2.50 bits per heavy atom. The first-order valence-corrected chi connectivity index (χ1v) is 10.3. The van der Waals surface area contributed by atoms with Gasteiger partial charge in [0.05, 0.1) is 12.7 Å². The minimum absolute atomic E-state index is 0.390. The largest absolute Gasteiger partial charge is 0.462 e. The molecule has 0 bridgehead atoms. The van der Waals surface area contributed by atoms with Crippen molar-refractivity contribution in [2.45, 2.75) is 58.0 Å². The van der Waals surface area contributed by atoms with Gasteiger partial charge < -0.3 is 24.2 Å². The van der Waals surface area contributed by atoms with Crippen molar-refractivity contribution in [3.63, 3.8) is 0 Å². The molecule has 1 heterocycles. The fourth-order valence-electron chi connectivity index (χ4n) is 2.09. The Balaban J connectivity index is 2.83. The maximum Gasteiger partial charge on any atom is 0.330 e. The number of aromatic amines is 1. The molecule has 0 aliphatic carbocycles. The van der Waals surface area contributed by atoms with Crippen LogP contribution in [0.5, 0.6) is 0 Å². The predicted octanol–water partition coefficient (Wildman–Crippen LogP) is -0.573. The van der Waals surface area contributed by atoms with Crippen LogP contribution in [-0.4, -0.2) is 63.1 Å². The highest BCUT2D eigenvalue weighted by molar-refractivity contribution is 7.36. The zero-order chi connectivity index (χ0) is 23.1. The predicted molar refractivity (Wildman–Crippen MR) is 103 cm³/mol. The smallest absolute Gasteiger partial charge is 0.330 e. The number of aromatic nitrogens is 2. The number of ether oxygens (including phenoxy) is 2. The monoisotopic (exact) mass is 455 g/mol. The minimum atomic E-state index is -3.16. The lowest BCUT2D eigenvalue weighted by Gasteiger charge is -2.32. The van der Waals surface area contributed by atoms with Gasteiger partial charge in [-0.2, -0.15) is 0 Å². The number of esters is 1. The highest BCUT2D eigenvalue weighted by atomic mass is 31.1. The number of aliphatic hydroxyl groups is 2. The van der Waals surface area contributed by atoms with E-state index in [9.17, 15) is 29.2 Å². The first-order valence-electron chi connectivity index (χ1n) is 9.00. The molecule has 0 aliphatic heterocycles. The topological polar surface area (TPSA) is 169 Å². The number of rotatable bonds is 12. The summed E-state index contributed by atoms with van der Waals surface area (Å²) in [5, 5.41) is 21.5. The maximum absolute atomic E-state index is 15.1. The molecule has 0 fully saturated rings. The zero-order valence-corrected chi connectivity index (χ0v) is 18.0. The number of aliphatic hydroxyl groups excluding tert-OH is 2. The van der Waals surface area contributed by atoms with Gasteiger partial charge >= 0.3 is 11.7 Å². The molecule has 0 saturated heterocycles. The average molecular weight is 455 g/mol.